The predicted molar refractivity (Wildman–Crippen MR) is 99.6 cm³/mol. The van der Waals surface area contributed by atoms with Gasteiger partial charge in [0.1, 0.15) is 6.54 Å². The van der Waals surface area contributed by atoms with Gasteiger partial charge in [-0.25, -0.2) is 8.42 Å². The number of ether oxygens (including phenoxy) is 1. The normalized spacial score (nSPS) is 10.8. The third-order valence-electron chi connectivity index (χ3n) is 3.02. The Morgan fingerprint density at radius 2 is 1.77 bits per heavy atom. The van der Waals surface area contributed by atoms with Gasteiger partial charge in [-0.2, -0.15) is 4.72 Å². The van der Waals surface area contributed by atoms with Crippen LogP contribution in [0.1, 0.15) is 0 Å². The van der Waals surface area contributed by atoms with Crippen molar-refractivity contribution in [2.24, 2.45) is 0 Å². The molecule has 142 valence electrons. The first-order chi connectivity index (χ1) is 12.2. The molecule has 1 aromatic carbocycles. The molecule has 0 aliphatic carbocycles. The lowest BCUT2D eigenvalue weighted by Crippen LogP contribution is -2.37. The van der Waals surface area contributed by atoms with Crippen molar-refractivity contribution in [1.82, 2.24) is 9.62 Å². The first kappa shape index (κ1) is 22.2. The fourth-order valence-corrected chi connectivity index (χ4v) is 3.11. The van der Waals surface area contributed by atoms with E-state index in [1.807, 2.05) is 0 Å². The molecule has 0 atom stereocenters. The summed E-state index contributed by atoms with van der Waals surface area (Å²) in [6.45, 7) is 6.44. The maximum Gasteiger partial charge on any atom is 0.321 e. The highest BCUT2D eigenvalue weighted by Crippen LogP contribution is 2.24. The molecule has 26 heavy (non-hydrogen) atoms. The Morgan fingerprint density at radius 3 is 2.31 bits per heavy atom. The van der Waals surface area contributed by atoms with Gasteiger partial charge in [-0.15, -0.1) is 13.2 Å². The van der Waals surface area contributed by atoms with Crippen LogP contribution in [-0.2, 0) is 24.3 Å². The number of hydrogen-bond acceptors (Lipinski definition) is 5. The summed E-state index contributed by atoms with van der Waals surface area (Å²) in [7, 11) is -3.98. The average Bonchev–Trinajstić information content (AvgIpc) is 2.60. The van der Waals surface area contributed by atoms with E-state index in [0.717, 1.165) is 6.07 Å². The molecule has 1 rings (SSSR count). The van der Waals surface area contributed by atoms with Gasteiger partial charge in [0.2, 0.25) is 10.0 Å². The molecular weight excluding hydrogens is 403 g/mol. The number of carbonyl (C=O) groups excluding carboxylic acids is 2. The summed E-state index contributed by atoms with van der Waals surface area (Å²) in [6.07, 6.45) is 3.04. The number of sulfonamides is 1. The molecule has 1 N–H and O–H groups in total. The first-order valence-corrected chi connectivity index (χ1v) is 9.55. The Morgan fingerprint density at radius 1 is 1.15 bits per heavy atom. The summed E-state index contributed by atoms with van der Waals surface area (Å²) in [5.74, 6) is -1.36. The predicted octanol–water partition coefficient (Wildman–Crippen LogP) is 2.02. The zero-order valence-electron chi connectivity index (χ0n) is 13.8. The molecular formula is C16H18Cl2N2O5S. The van der Waals surface area contributed by atoms with Gasteiger partial charge in [-0.05, 0) is 18.2 Å². The third-order valence-corrected chi connectivity index (χ3v) is 5.15. The number of nitrogens with zero attached hydrogens (tertiary/aromatic N) is 1. The van der Waals surface area contributed by atoms with Crippen LogP contribution in [0, 0.1) is 0 Å². The minimum Gasteiger partial charge on any atom is -0.455 e. The van der Waals surface area contributed by atoms with Crippen LogP contribution in [0.4, 0.5) is 0 Å². The highest BCUT2D eigenvalue weighted by atomic mass is 35.5. The zero-order chi connectivity index (χ0) is 19.7. The monoisotopic (exact) mass is 420 g/mol. The Labute approximate surface area is 162 Å². The standard InChI is InChI=1S/C16H18Cl2N2O5S/c1-3-7-20(8-4-2)15(21)11-25-16(22)10-19-26(23,24)12-5-6-13(17)14(18)9-12/h3-6,9,19H,1-2,7-8,10-11H2. The molecule has 0 saturated carbocycles. The van der Waals surface area contributed by atoms with Crippen LogP contribution in [0.15, 0.2) is 48.4 Å². The molecule has 0 radical (unpaired) electrons. The van der Waals surface area contributed by atoms with Crippen LogP contribution in [0.25, 0.3) is 0 Å². The van der Waals surface area contributed by atoms with E-state index in [4.69, 9.17) is 27.9 Å². The molecule has 0 aliphatic rings. The molecule has 1 amide bonds. The van der Waals surface area contributed by atoms with E-state index >= 15 is 0 Å². The molecule has 0 saturated heterocycles. The Hall–Kier alpha value is -1.87. The Bertz CT molecular complexity index is 786. The summed E-state index contributed by atoms with van der Waals surface area (Å²) in [6, 6.07) is 3.72. The minimum absolute atomic E-state index is 0.0623. The average molecular weight is 421 g/mol. The zero-order valence-corrected chi connectivity index (χ0v) is 16.1. The maximum atomic E-state index is 12.1. The largest absolute Gasteiger partial charge is 0.455 e. The summed E-state index contributed by atoms with van der Waals surface area (Å²) < 4.78 is 31.0. The molecule has 7 nitrogen and oxygen atoms in total. The number of halogens is 2. The second kappa shape index (κ2) is 10.3. The number of benzene rings is 1. The number of carbonyl (C=O) groups is 2. The van der Waals surface area contributed by atoms with Crippen molar-refractivity contribution in [1.29, 1.82) is 0 Å². The van der Waals surface area contributed by atoms with Crippen LogP contribution in [0.2, 0.25) is 10.0 Å². The lowest BCUT2D eigenvalue weighted by Gasteiger charge is -2.18. The lowest BCUT2D eigenvalue weighted by molar-refractivity contribution is -0.150. The van der Waals surface area contributed by atoms with Crippen molar-refractivity contribution in [3.05, 3.63) is 53.6 Å². The van der Waals surface area contributed by atoms with Crippen LogP contribution < -0.4 is 4.72 Å². The van der Waals surface area contributed by atoms with Crippen molar-refractivity contribution in [3.8, 4) is 0 Å². The van der Waals surface area contributed by atoms with Gasteiger partial charge in [0.05, 0.1) is 14.9 Å². The van der Waals surface area contributed by atoms with Crippen LogP contribution in [0.3, 0.4) is 0 Å². The fraction of sp³-hybridized carbons (Fsp3) is 0.250. The lowest BCUT2D eigenvalue weighted by atomic mass is 10.4. The SMILES string of the molecule is C=CCN(CC=C)C(=O)COC(=O)CNS(=O)(=O)c1ccc(Cl)c(Cl)c1. The van der Waals surface area contributed by atoms with Crippen molar-refractivity contribution in [2.75, 3.05) is 26.2 Å². The van der Waals surface area contributed by atoms with Crippen molar-refractivity contribution in [3.63, 3.8) is 0 Å². The molecule has 10 heteroatoms. The summed E-state index contributed by atoms with van der Waals surface area (Å²) in [5.41, 5.74) is 0. The summed E-state index contributed by atoms with van der Waals surface area (Å²) in [5, 5.41) is 0.263. The van der Waals surface area contributed by atoms with Crippen LogP contribution in [-0.4, -0.2) is 51.4 Å². The van der Waals surface area contributed by atoms with Gasteiger partial charge in [-0.1, -0.05) is 35.4 Å². The van der Waals surface area contributed by atoms with E-state index in [-0.39, 0.29) is 28.0 Å². The highest BCUT2D eigenvalue weighted by Gasteiger charge is 2.18. The summed E-state index contributed by atoms with van der Waals surface area (Å²) >= 11 is 11.5. The molecule has 0 bridgehead atoms. The topological polar surface area (TPSA) is 92.8 Å². The molecule has 0 heterocycles. The molecule has 0 aliphatic heterocycles. The molecule has 0 unspecified atom stereocenters. The fourth-order valence-electron chi connectivity index (χ4n) is 1.76. The number of amides is 1. The van der Waals surface area contributed by atoms with E-state index < -0.39 is 35.1 Å². The van der Waals surface area contributed by atoms with E-state index in [1.165, 1.54) is 29.2 Å². The molecule has 1 aromatic rings. The minimum atomic E-state index is -3.98. The number of hydrogen-bond donors (Lipinski definition) is 1. The molecule has 0 aromatic heterocycles. The quantitative estimate of drug-likeness (QED) is 0.461. The molecule has 0 spiro atoms. The second-order valence-corrected chi connectivity index (χ2v) is 7.52. The van der Waals surface area contributed by atoms with Gasteiger partial charge in [0, 0.05) is 13.1 Å². The van der Waals surface area contributed by atoms with Gasteiger partial charge in [0.25, 0.3) is 5.91 Å². The highest BCUT2D eigenvalue weighted by molar-refractivity contribution is 7.89. The van der Waals surface area contributed by atoms with E-state index in [0.29, 0.717) is 0 Å². The second-order valence-electron chi connectivity index (χ2n) is 4.94. The van der Waals surface area contributed by atoms with Crippen LogP contribution in [0.5, 0.6) is 0 Å². The van der Waals surface area contributed by atoms with Crippen molar-refractivity contribution >= 4 is 45.1 Å². The number of rotatable bonds is 10. The first-order valence-electron chi connectivity index (χ1n) is 7.31. The van der Waals surface area contributed by atoms with Crippen molar-refractivity contribution in [2.45, 2.75) is 4.90 Å². The Balaban J connectivity index is 2.57. The van der Waals surface area contributed by atoms with Gasteiger partial charge < -0.3 is 9.64 Å². The van der Waals surface area contributed by atoms with Gasteiger partial charge in [0.15, 0.2) is 6.61 Å². The number of nitrogens with one attached hydrogen (secondary N) is 1. The number of esters is 1. The van der Waals surface area contributed by atoms with Crippen LogP contribution >= 0.6 is 23.2 Å². The smallest absolute Gasteiger partial charge is 0.321 e. The maximum absolute atomic E-state index is 12.1. The van der Waals surface area contributed by atoms with Gasteiger partial charge in [-0.3, -0.25) is 9.59 Å². The van der Waals surface area contributed by atoms with E-state index in [9.17, 15) is 18.0 Å². The Kier molecular flexibility index (Phi) is 8.80. The van der Waals surface area contributed by atoms with E-state index in [1.54, 1.807) is 0 Å². The van der Waals surface area contributed by atoms with Gasteiger partial charge >= 0.3 is 5.97 Å². The molecule has 0 fully saturated rings. The van der Waals surface area contributed by atoms with Crippen molar-refractivity contribution < 1.29 is 22.7 Å². The van der Waals surface area contributed by atoms with E-state index in [2.05, 4.69) is 17.9 Å². The third kappa shape index (κ3) is 6.80. The summed E-state index contributed by atoms with van der Waals surface area (Å²) in [4.78, 5) is 24.8.